The summed E-state index contributed by atoms with van der Waals surface area (Å²) in [6.45, 7) is 2.46. The molecule has 7 heteroatoms. The van der Waals surface area contributed by atoms with Gasteiger partial charge in [-0.2, -0.15) is 0 Å². The topological polar surface area (TPSA) is 102 Å². The van der Waals surface area contributed by atoms with Gasteiger partial charge in [0.1, 0.15) is 6.54 Å². The summed E-state index contributed by atoms with van der Waals surface area (Å²) < 4.78 is 1.64. The summed E-state index contributed by atoms with van der Waals surface area (Å²) in [6.07, 6.45) is 10.1. The number of aromatic nitrogens is 5. The summed E-state index contributed by atoms with van der Waals surface area (Å²) in [7, 11) is 0. The smallest absolute Gasteiger partial charge is 0.197 e. The Morgan fingerprint density at radius 2 is 2.18 bits per heavy atom. The lowest BCUT2D eigenvalue weighted by molar-refractivity contribution is -0.119. The molecule has 2 aromatic heterocycles. The molecule has 120 valence electrons. The fraction of sp³-hybridized carbons (Fsp3) is 0.600. The van der Waals surface area contributed by atoms with Crippen molar-refractivity contribution in [1.29, 1.82) is 0 Å². The van der Waals surface area contributed by atoms with Gasteiger partial charge in [-0.15, -0.1) is 5.10 Å². The van der Waals surface area contributed by atoms with Gasteiger partial charge in [0.25, 0.3) is 0 Å². The minimum absolute atomic E-state index is 0.220. The van der Waals surface area contributed by atoms with Gasteiger partial charge >= 0.3 is 0 Å². The molecule has 0 fully saturated rings. The lowest BCUT2D eigenvalue weighted by Gasteiger charge is -1.99. The summed E-state index contributed by atoms with van der Waals surface area (Å²) in [4.78, 5) is 18.7. The average Bonchev–Trinajstić information content (AvgIpc) is 3.09. The molecule has 0 unspecified atom stereocenters. The van der Waals surface area contributed by atoms with Gasteiger partial charge in [-0.05, 0) is 25.7 Å². The molecule has 2 aromatic rings. The van der Waals surface area contributed by atoms with Crippen LogP contribution in [0.2, 0.25) is 0 Å². The Hall–Kier alpha value is -2.18. The number of H-pyrrole nitrogens is 1. The number of nitrogen functional groups attached to an aromatic ring is 1. The SMILES string of the molecule is CCCCCC(=O)Cn1cc(CCCc2cnc(N)[nH]2)nn1. The molecular weight excluding hydrogens is 280 g/mol. The van der Waals surface area contributed by atoms with Crippen LogP contribution in [0, 0.1) is 0 Å². The Bertz CT molecular complexity index is 588. The van der Waals surface area contributed by atoms with Crippen molar-refractivity contribution in [3.63, 3.8) is 0 Å². The number of nitrogens with one attached hydrogen (secondary N) is 1. The number of nitrogens with two attached hydrogens (primary N) is 1. The molecule has 0 aliphatic carbocycles. The Balaban J connectivity index is 1.70. The molecule has 0 saturated carbocycles. The number of nitrogens with zero attached hydrogens (tertiary/aromatic N) is 4. The van der Waals surface area contributed by atoms with Crippen molar-refractivity contribution in [3.8, 4) is 0 Å². The van der Waals surface area contributed by atoms with Crippen molar-refractivity contribution in [2.24, 2.45) is 0 Å². The van der Waals surface area contributed by atoms with Crippen LogP contribution < -0.4 is 5.73 Å². The fourth-order valence-electron chi connectivity index (χ4n) is 2.33. The second-order valence-electron chi connectivity index (χ2n) is 5.55. The Labute approximate surface area is 130 Å². The minimum Gasteiger partial charge on any atom is -0.369 e. The standard InChI is InChI=1S/C15H24N6O/c1-2-3-4-8-14(22)11-21-10-13(19-20-21)7-5-6-12-9-17-15(16)18-12/h9-10H,2-8,11H2,1H3,(H3,16,17,18). The molecule has 0 amide bonds. The van der Waals surface area contributed by atoms with E-state index in [-0.39, 0.29) is 5.78 Å². The molecule has 0 bridgehead atoms. The van der Waals surface area contributed by atoms with Crippen LogP contribution in [0.5, 0.6) is 0 Å². The van der Waals surface area contributed by atoms with E-state index in [1.165, 1.54) is 0 Å². The third-order valence-corrected chi connectivity index (χ3v) is 3.51. The Morgan fingerprint density at radius 1 is 1.32 bits per heavy atom. The third kappa shape index (κ3) is 5.31. The number of anilines is 1. The van der Waals surface area contributed by atoms with Crippen LogP contribution in [0.3, 0.4) is 0 Å². The van der Waals surface area contributed by atoms with E-state index in [2.05, 4.69) is 27.2 Å². The van der Waals surface area contributed by atoms with E-state index in [4.69, 9.17) is 5.73 Å². The first-order chi connectivity index (χ1) is 10.7. The normalized spacial score (nSPS) is 11.0. The number of ketones is 1. The molecular formula is C15H24N6O. The van der Waals surface area contributed by atoms with Crippen molar-refractivity contribution in [1.82, 2.24) is 25.0 Å². The maximum Gasteiger partial charge on any atom is 0.197 e. The zero-order valence-electron chi connectivity index (χ0n) is 13.1. The number of imidazole rings is 1. The number of Topliss-reactive ketones (excluding diaryl/α,β-unsaturated/α-hetero) is 1. The highest BCUT2D eigenvalue weighted by molar-refractivity contribution is 5.77. The van der Waals surface area contributed by atoms with Crippen LogP contribution in [0.25, 0.3) is 0 Å². The highest BCUT2D eigenvalue weighted by Gasteiger charge is 2.06. The summed E-state index contributed by atoms with van der Waals surface area (Å²) in [6, 6.07) is 0. The number of carbonyl (C=O) groups is 1. The summed E-state index contributed by atoms with van der Waals surface area (Å²) >= 11 is 0. The van der Waals surface area contributed by atoms with E-state index >= 15 is 0 Å². The van der Waals surface area contributed by atoms with Gasteiger partial charge in [-0.1, -0.05) is 25.0 Å². The lowest BCUT2D eigenvalue weighted by Crippen LogP contribution is -2.10. The van der Waals surface area contributed by atoms with Crippen LogP contribution in [-0.4, -0.2) is 30.7 Å². The molecule has 7 nitrogen and oxygen atoms in total. The zero-order valence-corrected chi connectivity index (χ0v) is 13.1. The first-order valence-electron chi connectivity index (χ1n) is 7.87. The number of rotatable bonds is 10. The minimum atomic E-state index is 0.220. The van der Waals surface area contributed by atoms with Crippen LogP contribution in [-0.2, 0) is 24.2 Å². The van der Waals surface area contributed by atoms with Crippen LogP contribution in [0.15, 0.2) is 12.4 Å². The van der Waals surface area contributed by atoms with E-state index < -0.39 is 0 Å². The molecule has 0 aliphatic heterocycles. The first kappa shape index (κ1) is 16.2. The number of unbranched alkanes of at least 4 members (excludes halogenated alkanes) is 2. The molecule has 0 radical (unpaired) electrons. The summed E-state index contributed by atoms with van der Waals surface area (Å²) in [5.74, 6) is 0.667. The summed E-state index contributed by atoms with van der Waals surface area (Å²) in [5, 5.41) is 8.13. The van der Waals surface area contributed by atoms with Crippen molar-refractivity contribution in [3.05, 3.63) is 23.8 Å². The second-order valence-corrected chi connectivity index (χ2v) is 5.55. The van der Waals surface area contributed by atoms with Gasteiger partial charge < -0.3 is 10.7 Å². The van der Waals surface area contributed by atoms with Gasteiger partial charge in [0.15, 0.2) is 11.7 Å². The molecule has 0 saturated heterocycles. The van der Waals surface area contributed by atoms with E-state index in [1.807, 2.05) is 6.20 Å². The van der Waals surface area contributed by atoms with E-state index in [1.54, 1.807) is 10.9 Å². The monoisotopic (exact) mass is 304 g/mol. The lowest BCUT2D eigenvalue weighted by atomic mass is 10.1. The molecule has 0 atom stereocenters. The van der Waals surface area contributed by atoms with E-state index in [9.17, 15) is 4.79 Å². The maximum absolute atomic E-state index is 11.8. The maximum atomic E-state index is 11.8. The first-order valence-corrected chi connectivity index (χ1v) is 7.87. The number of hydrogen-bond acceptors (Lipinski definition) is 5. The predicted molar refractivity (Wildman–Crippen MR) is 84.2 cm³/mol. The van der Waals surface area contributed by atoms with Crippen LogP contribution >= 0.6 is 0 Å². The summed E-state index contributed by atoms with van der Waals surface area (Å²) in [5.41, 5.74) is 7.47. The van der Waals surface area contributed by atoms with Crippen LogP contribution in [0.4, 0.5) is 5.95 Å². The van der Waals surface area contributed by atoms with Gasteiger partial charge in [0.2, 0.25) is 0 Å². The molecule has 3 N–H and O–H groups in total. The van der Waals surface area contributed by atoms with Crippen molar-refractivity contribution >= 4 is 11.7 Å². The van der Waals surface area contributed by atoms with Crippen molar-refractivity contribution in [2.75, 3.05) is 5.73 Å². The van der Waals surface area contributed by atoms with Gasteiger partial charge in [0.05, 0.1) is 11.9 Å². The van der Waals surface area contributed by atoms with Crippen LogP contribution in [0.1, 0.15) is 50.4 Å². The molecule has 0 spiro atoms. The quantitative estimate of drug-likeness (QED) is 0.653. The molecule has 2 heterocycles. The number of carbonyl (C=O) groups excluding carboxylic acids is 1. The highest BCUT2D eigenvalue weighted by atomic mass is 16.1. The zero-order chi connectivity index (χ0) is 15.8. The average molecular weight is 304 g/mol. The number of aromatic amines is 1. The Kier molecular flexibility index (Phi) is 6.12. The second kappa shape index (κ2) is 8.31. The third-order valence-electron chi connectivity index (χ3n) is 3.51. The number of hydrogen-bond donors (Lipinski definition) is 2. The van der Waals surface area contributed by atoms with E-state index in [0.717, 1.165) is 49.9 Å². The molecule has 0 aromatic carbocycles. The highest BCUT2D eigenvalue weighted by Crippen LogP contribution is 2.06. The van der Waals surface area contributed by atoms with Crippen molar-refractivity contribution < 1.29 is 4.79 Å². The largest absolute Gasteiger partial charge is 0.369 e. The van der Waals surface area contributed by atoms with Gasteiger partial charge in [-0.3, -0.25) is 4.79 Å². The molecule has 22 heavy (non-hydrogen) atoms. The van der Waals surface area contributed by atoms with Gasteiger partial charge in [-0.25, -0.2) is 9.67 Å². The molecule has 2 rings (SSSR count). The number of aryl methyl sites for hydroxylation is 2. The van der Waals surface area contributed by atoms with E-state index in [0.29, 0.717) is 18.9 Å². The molecule has 0 aliphatic rings. The fourth-order valence-corrected chi connectivity index (χ4v) is 2.33. The predicted octanol–water partition coefficient (Wildman–Crippen LogP) is 1.91. The van der Waals surface area contributed by atoms with Crippen molar-refractivity contribution in [2.45, 2.75) is 58.4 Å². The van der Waals surface area contributed by atoms with Gasteiger partial charge in [0, 0.05) is 18.3 Å². The Morgan fingerprint density at radius 3 is 2.91 bits per heavy atom.